The Kier molecular flexibility index (Phi) is 2.47. The van der Waals surface area contributed by atoms with Crippen LogP contribution in [0.3, 0.4) is 0 Å². The number of methoxy groups -OCH3 is 1. The summed E-state index contributed by atoms with van der Waals surface area (Å²) in [6.07, 6.45) is 3.20. The Balaban J connectivity index is 2.06. The first-order valence-electron chi connectivity index (χ1n) is 5.35. The maximum atomic E-state index is 5.17. The van der Waals surface area contributed by atoms with Crippen LogP contribution < -0.4 is 4.74 Å². The van der Waals surface area contributed by atoms with Gasteiger partial charge in [0.25, 0.3) is 0 Å². The third-order valence-corrected chi connectivity index (χ3v) is 4.10. The maximum Gasteiger partial charge on any atom is 0.164 e. The number of aromatic nitrogens is 3. The molecule has 2 aromatic heterocycles. The lowest BCUT2D eigenvalue weighted by Crippen LogP contribution is -2.02. The van der Waals surface area contributed by atoms with Gasteiger partial charge in [-0.3, -0.25) is 4.40 Å². The van der Waals surface area contributed by atoms with Crippen molar-refractivity contribution in [3.8, 4) is 5.75 Å². The third kappa shape index (κ3) is 1.55. The molecular formula is C11H13N3OS. The topological polar surface area (TPSA) is 39.4 Å². The number of nitrogens with zero attached hydrogens (tertiary/aromatic N) is 3. The zero-order chi connectivity index (χ0) is 11.0. The Hall–Kier alpha value is -1.23. The zero-order valence-electron chi connectivity index (χ0n) is 9.09. The van der Waals surface area contributed by atoms with Crippen molar-refractivity contribution in [2.45, 2.75) is 12.3 Å². The largest absolute Gasteiger partial charge is 0.497 e. The summed E-state index contributed by atoms with van der Waals surface area (Å²) in [5, 5.41) is 8.49. The summed E-state index contributed by atoms with van der Waals surface area (Å²) >= 11 is 1.99. The Labute approximate surface area is 98.0 Å². The Bertz CT molecular complexity index is 505. The van der Waals surface area contributed by atoms with Crippen LogP contribution in [0.15, 0.2) is 18.3 Å². The second-order valence-corrected chi connectivity index (χ2v) is 5.06. The Morgan fingerprint density at radius 1 is 1.50 bits per heavy atom. The molecule has 0 saturated carbocycles. The van der Waals surface area contributed by atoms with Crippen LogP contribution in [0.2, 0.25) is 0 Å². The molecule has 1 fully saturated rings. The second-order valence-electron chi connectivity index (χ2n) is 3.91. The van der Waals surface area contributed by atoms with Crippen LogP contribution in [0, 0.1) is 0 Å². The molecule has 1 atom stereocenters. The first kappa shape index (κ1) is 9.96. The summed E-state index contributed by atoms with van der Waals surface area (Å²) < 4.78 is 7.24. The fraction of sp³-hybridized carbons (Fsp3) is 0.455. The normalized spacial score (nSPS) is 20.4. The van der Waals surface area contributed by atoms with E-state index in [4.69, 9.17) is 4.74 Å². The fourth-order valence-electron chi connectivity index (χ4n) is 2.03. The number of hydrogen-bond donors (Lipinski definition) is 0. The molecule has 0 aromatic carbocycles. The van der Waals surface area contributed by atoms with Gasteiger partial charge < -0.3 is 4.74 Å². The molecular weight excluding hydrogens is 222 g/mol. The quantitative estimate of drug-likeness (QED) is 0.797. The number of hydrogen-bond acceptors (Lipinski definition) is 4. The predicted molar refractivity (Wildman–Crippen MR) is 64.2 cm³/mol. The van der Waals surface area contributed by atoms with E-state index in [1.807, 2.05) is 30.1 Å². The van der Waals surface area contributed by atoms with Gasteiger partial charge >= 0.3 is 0 Å². The van der Waals surface area contributed by atoms with Crippen molar-refractivity contribution in [1.29, 1.82) is 0 Å². The van der Waals surface area contributed by atoms with Crippen LogP contribution >= 0.6 is 11.8 Å². The molecule has 1 aliphatic heterocycles. The average molecular weight is 235 g/mol. The van der Waals surface area contributed by atoms with Gasteiger partial charge in [0.05, 0.1) is 7.11 Å². The monoisotopic (exact) mass is 235 g/mol. The minimum absolute atomic E-state index is 0.549. The highest BCUT2D eigenvalue weighted by atomic mass is 32.2. The van der Waals surface area contributed by atoms with E-state index in [0.29, 0.717) is 5.92 Å². The van der Waals surface area contributed by atoms with E-state index in [0.717, 1.165) is 23.0 Å². The zero-order valence-corrected chi connectivity index (χ0v) is 9.91. The molecule has 1 aliphatic rings. The number of ether oxygens (including phenoxy) is 1. The molecule has 0 aliphatic carbocycles. The Morgan fingerprint density at radius 3 is 3.19 bits per heavy atom. The molecule has 84 valence electrons. The highest BCUT2D eigenvalue weighted by Crippen LogP contribution is 2.31. The molecule has 0 N–H and O–H groups in total. The number of fused-ring (bicyclic) bond motifs is 1. The minimum atomic E-state index is 0.549. The first-order valence-corrected chi connectivity index (χ1v) is 6.50. The lowest BCUT2D eigenvalue weighted by molar-refractivity contribution is 0.414. The van der Waals surface area contributed by atoms with E-state index in [2.05, 4.69) is 14.6 Å². The van der Waals surface area contributed by atoms with Crippen LogP contribution in [0.5, 0.6) is 5.75 Å². The van der Waals surface area contributed by atoms with Crippen molar-refractivity contribution >= 4 is 17.4 Å². The molecule has 0 amide bonds. The van der Waals surface area contributed by atoms with Gasteiger partial charge in [0.2, 0.25) is 0 Å². The van der Waals surface area contributed by atoms with Gasteiger partial charge in [-0.25, -0.2) is 0 Å². The minimum Gasteiger partial charge on any atom is -0.497 e. The van der Waals surface area contributed by atoms with Crippen LogP contribution in [0.1, 0.15) is 18.2 Å². The number of rotatable bonds is 2. The molecule has 4 nitrogen and oxygen atoms in total. The molecule has 3 heterocycles. The molecule has 3 rings (SSSR count). The summed E-state index contributed by atoms with van der Waals surface area (Å²) in [6.45, 7) is 0. The predicted octanol–water partition coefficient (Wildman–Crippen LogP) is 1.96. The molecule has 0 bridgehead atoms. The van der Waals surface area contributed by atoms with Crippen LogP contribution in [-0.2, 0) is 0 Å². The van der Waals surface area contributed by atoms with E-state index >= 15 is 0 Å². The third-order valence-electron chi connectivity index (χ3n) is 2.94. The van der Waals surface area contributed by atoms with Crippen molar-refractivity contribution in [1.82, 2.24) is 14.6 Å². The van der Waals surface area contributed by atoms with Gasteiger partial charge in [-0.15, -0.1) is 10.2 Å². The van der Waals surface area contributed by atoms with Crippen molar-refractivity contribution in [3.05, 3.63) is 24.2 Å². The van der Waals surface area contributed by atoms with Crippen LogP contribution in [0.4, 0.5) is 0 Å². The van der Waals surface area contributed by atoms with E-state index in [-0.39, 0.29) is 0 Å². The molecule has 1 unspecified atom stereocenters. The SMILES string of the molecule is COc1ccn2c(C3CCSC3)nnc2c1. The smallest absolute Gasteiger partial charge is 0.164 e. The van der Waals surface area contributed by atoms with Gasteiger partial charge in [0, 0.05) is 23.9 Å². The Morgan fingerprint density at radius 2 is 2.44 bits per heavy atom. The van der Waals surface area contributed by atoms with E-state index < -0.39 is 0 Å². The summed E-state index contributed by atoms with van der Waals surface area (Å²) in [7, 11) is 1.66. The maximum absolute atomic E-state index is 5.17. The van der Waals surface area contributed by atoms with Crippen molar-refractivity contribution in [2.75, 3.05) is 18.6 Å². The van der Waals surface area contributed by atoms with Crippen LogP contribution in [0.25, 0.3) is 5.65 Å². The van der Waals surface area contributed by atoms with E-state index in [1.54, 1.807) is 7.11 Å². The van der Waals surface area contributed by atoms with E-state index in [9.17, 15) is 0 Å². The molecule has 16 heavy (non-hydrogen) atoms. The molecule has 0 radical (unpaired) electrons. The number of pyridine rings is 1. The van der Waals surface area contributed by atoms with Gasteiger partial charge in [-0.05, 0) is 18.2 Å². The van der Waals surface area contributed by atoms with E-state index in [1.165, 1.54) is 12.2 Å². The second kappa shape index (κ2) is 3.97. The summed E-state index contributed by atoms with van der Waals surface area (Å²) in [4.78, 5) is 0. The molecule has 2 aromatic rings. The molecule has 0 spiro atoms. The first-order chi connectivity index (χ1) is 7.88. The standard InChI is InChI=1S/C11H13N3OS/c1-15-9-2-4-14-10(6-9)12-13-11(14)8-3-5-16-7-8/h2,4,6,8H,3,5,7H2,1H3. The summed E-state index contributed by atoms with van der Waals surface area (Å²) in [6, 6.07) is 3.86. The van der Waals surface area contributed by atoms with Gasteiger partial charge in [0.1, 0.15) is 11.6 Å². The summed E-state index contributed by atoms with van der Waals surface area (Å²) in [5.74, 6) is 4.85. The van der Waals surface area contributed by atoms with Crippen LogP contribution in [-0.4, -0.2) is 33.2 Å². The van der Waals surface area contributed by atoms with Crippen molar-refractivity contribution < 1.29 is 4.74 Å². The number of thioether (sulfide) groups is 1. The lowest BCUT2D eigenvalue weighted by Gasteiger charge is -2.06. The molecule has 5 heteroatoms. The lowest BCUT2D eigenvalue weighted by atomic mass is 10.1. The van der Waals surface area contributed by atoms with Crippen molar-refractivity contribution in [3.63, 3.8) is 0 Å². The fourth-order valence-corrected chi connectivity index (χ4v) is 3.25. The van der Waals surface area contributed by atoms with Gasteiger partial charge in [-0.1, -0.05) is 0 Å². The van der Waals surface area contributed by atoms with Crippen molar-refractivity contribution in [2.24, 2.45) is 0 Å². The highest BCUT2D eigenvalue weighted by Gasteiger charge is 2.22. The highest BCUT2D eigenvalue weighted by molar-refractivity contribution is 7.99. The van der Waals surface area contributed by atoms with Gasteiger partial charge in [0.15, 0.2) is 5.65 Å². The van der Waals surface area contributed by atoms with Gasteiger partial charge in [-0.2, -0.15) is 11.8 Å². The summed E-state index contributed by atoms with van der Waals surface area (Å²) in [5.41, 5.74) is 0.867. The average Bonchev–Trinajstić information content (AvgIpc) is 2.96. The molecule has 1 saturated heterocycles.